The smallest absolute Gasteiger partial charge is 0.417 e. The van der Waals surface area contributed by atoms with Crippen LogP contribution in [0.2, 0.25) is 0 Å². The SMILES string of the molecule is Cc1c(O)c(OC(=O)Nc2cccs2)c(O)c2c(O)c3c(cc12)C(=O)c1ccccc1C3=O. The Balaban J connectivity index is 1.69. The zero-order valence-corrected chi connectivity index (χ0v) is 17.8. The molecule has 3 aromatic carbocycles. The van der Waals surface area contributed by atoms with Crippen LogP contribution in [-0.2, 0) is 0 Å². The number of benzene rings is 3. The van der Waals surface area contributed by atoms with Crippen molar-refractivity contribution < 1.29 is 34.4 Å². The van der Waals surface area contributed by atoms with Crippen LogP contribution in [0.4, 0.5) is 9.80 Å². The van der Waals surface area contributed by atoms with Crippen molar-refractivity contribution in [2.24, 2.45) is 0 Å². The lowest BCUT2D eigenvalue weighted by Crippen LogP contribution is -2.21. The van der Waals surface area contributed by atoms with Gasteiger partial charge < -0.3 is 20.1 Å². The maximum atomic E-state index is 13.1. The Labute approximate surface area is 190 Å². The number of hydrogen-bond donors (Lipinski definition) is 4. The zero-order chi connectivity index (χ0) is 23.4. The van der Waals surface area contributed by atoms with Crippen LogP contribution in [0.1, 0.15) is 37.4 Å². The van der Waals surface area contributed by atoms with E-state index in [2.05, 4.69) is 5.32 Å². The standard InChI is InChI=1S/C24H15NO7S/c1-10-13-9-14-17(20(28)12-6-3-2-5-11(12)19(14)27)21(29)16(13)22(30)23(18(10)26)32-24(31)25-15-7-4-8-33-15/h2-9,26,29-30H,1H3,(H,25,31). The van der Waals surface area contributed by atoms with Gasteiger partial charge in [0.05, 0.1) is 16.0 Å². The molecule has 1 amide bonds. The first-order valence-electron chi connectivity index (χ1n) is 9.74. The van der Waals surface area contributed by atoms with Gasteiger partial charge in [0.15, 0.2) is 23.1 Å². The molecule has 4 N–H and O–H groups in total. The molecular formula is C24H15NO7S. The first-order chi connectivity index (χ1) is 15.8. The van der Waals surface area contributed by atoms with Gasteiger partial charge in [0.25, 0.3) is 0 Å². The summed E-state index contributed by atoms with van der Waals surface area (Å²) in [7, 11) is 0. The third-order valence-electron chi connectivity index (χ3n) is 5.56. The van der Waals surface area contributed by atoms with E-state index in [9.17, 15) is 29.7 Å². The van der Waals surface area contributed by atoms with Crippen molar-refractivity contribution in [1.82, 2.24) is 0 Å². The molecule has 0 saturated carbocycles. The molecule has 9 heteroatoms. The van der Waals surface area contributed by atoms with Crippen molar-refractivity contribution in [3.05, 3.63) is 75.7 Å². The lowest BCUT2D eigenvalue weighted by molar-refractivity contribution is 0.0977. The summed E-state index contributed by atoms with van der Waals surface area (Å²) in [4.78, 5) is 38.4. The van der Waals surface area contributed by atoms with E-state index in [1.54, 1.807) is 29.6 Å². The van der Waals surface area contributed by atoms with Gasteiger partial charge in [0.2, 0.25) is 5.75 Å². The number of aryl methyl sites for hydroxylation is 1. The molecule has 1 aliphatic rings. The van der Waals surface area contributed by atoms with Crippen LogP contribution in [-0.4, -0.2) is 33.0 Å². The maximum absolute atomic E-state index is 13.1. The minimum Gasteiger partial charge on any atom is -0.506 e. The number of carbonyl (C=O) groups excluding carboxylic acids is 3. The molecular weight excluding hydrogens is 446 g/mol. The van der Waals surface area contributed by atoms with Crippen molar-refractivity contribution in [2.45, 2.75) is 6.92 Å². The quantitative estimate of drug-likeness (QED) is 0.299. The summed E-state index contributed by atoms with van der Waals surface area (Å²) in [6, 6.07) is 10.9. The third-order valence-corrected chi connectivity index (χ3v) is 6.34. The second-order valence-electron chi connectivity index (χ2n) is 7.42. The number of ether oxygens (including phenoxy) is 1. The highest BCUT2D eigenvalue weighted by Gasteiger charge is 2.35. The van der Waals surface area contributed by atoms with Crippen LogP contribution in [0.5, 0.6) is 23.0 Å². The molecule has 33 heavy (non-hydrogen) atoms. The number of ketones is 2. The summed E-state index contributed by atoms with van der Waals surface area (Å²) in [5.74, 6) is -3.56. The third kappa shape index (κ3) is 3.01. The van der Waals surface area contributed by atoms with Gasteiger partial charge in [-0.1, -0.05) is 24.3 Å². The van der Waals surface area contributed by atoms with E-state index in [-0.39, 0.29) is 38.6 Å². The van der Waals surface area contributed by atoms with E-state index in [0.29, 0.717) is 5.00 Å². The first kappa shape index (κ1) is 20.5. The lowest BCUT2D eigenvalue weighted by Gasteiger charge is -2.21. The van der Waals surface area contributed by atoms with Gasteiger partial charge in [0, 0.05) is 22.3 Å². The monoisotopic (exact) mass is 461 g/mol. The van der Waals surface area contributed by atoms with E-state index in [0.717, 1.165) is 0 Å². The van der Waals surface area contributed by atoms with Gasteiger partial charge in [-0.25, -0.2) is 4.79 Å². The largest absolute Gasteiger partial charge is 0.506 e. The topological polar surface area (TPSA) is 133 Å². The summed E-state index contributed by atoms with van der Waals surface area (Å²) < 4.78 is 5.14. The molecule has 0 aliphatic heterocycles. The fourth-order valence-corrected chi connectivity index (χ4v) is 4.56. The molecule has 0 atom stereocenters. The molecule has 0 unspecified atom stereocenters. The summed E-state index contributed by atoms with van der Waals surface area (Å²) in [6.07, 6.45) is -0.973. The normalized spacial score (nSPS) is 12.4. The Morgan fingerprint density at radius 1 is 0.909 bits per heavy atom. The second-order valence-corrected chi connectivity index (χ2v) is 8.36. The fraction of sp³-hybridized carbons (Fsp3) is 0.0417. The van der Waals surface area contributed by atoms with Crippen LogP contribution in [0.15, 0.2) is 47.8 Å². The number of phenolic OH excluding ortho intramolecular Hbond substituents is 3. The highest BCUT2D eigenvalue weighted by Crippen LogP contribution is 2.51. The summed E-state index contributed by atoms with van der Waals surface area (Å²) >= 11 is 1.24. The summed E-state index contributed by atoms with van der Waals surface area (Å²) in [6.45, 7) is 1.47. The number of thiophene rings is 1. The number of hydrogen-bond acceptors (Lipinski definition) is 8. The van der Waals surface area contributed by atoms with Crippen LogP contribution >= 0.6 is 11.3 Å². The van der Waals surface area contributed by atoms with Gasteiger partial charge in [0.1, 0.15) is 5.75 Å². The molecule has 0 fully saturated rings. The number of aromatic hydroxyl groups is 3. The highest BCUT2D eigenvalue weighted by atomic mass is 32.1. The Morgan fingerprint density at radius 3 is 2.27 bits per heavy atom. The van der Waals surface area contributed by atoms with Crippen LogP contribution < -0.4 is 10.1 Å². The molecule has 0 spiro atoms. The number of rotatable bonds is 2. The van der Waals surface area contributed by atoms with Crippen molar-refractivity contribution in [1.29, 1.82) is 0 Å². The predicted molar refractivity (Wildman–Crippen MR) is 121 cm³/mol. The molecule has 1 aliphatic carbocycles. The average Bonchev–Trinajstić information content (AvgIpc) is 3.31. The van der Waals surface area contributed by atoms with Crippen LogP contribution in [0.3, 0.4) is 0 Å². The van der Waals surface area contributed by atoms with Crippen LogP contribution in [0.25, 0.3) is 10.8 Å². The van der Waals surface area contributed by atoms with Gasteiger partial charge in [-0.05, 0) is 35.9 Å². The van der Waals surface area contributed by atoms with Crippen molar-refractivity contribution in [3.8, 4) is 23.0 Å². The summed E-state index contributed by atoms with van der Waals surface area (Å²) in [5.41, 5.74) is 0.158. The molecule has 0 saturated heterocycles. The molecule has 4 aromatic rings. The Hall–Kier alpha value is -4.37. The van der Waals surface area contributed by atoms with E-state index < -0.39 is 40.7 Å². The fourth-order valence-electron chi connectivity index (χ4n) is 3.96. The van der Waals surface area contributed by atoms with Crippen molar-refractivity contribution in [3.63, 3.8) is 0 Å². The number of fused-ring (bicyclic) bond motifs is 3. The predicted octanol–water partition coefficient (Wildman–Crippen LogP) is 4.71. The maximum Gasteiger partial charge on any atom is 0.417 e. The average molecular weight is 461 g/mol. The van der Waals surface area contributed by atoms with Gasteiger partial charge >= 0.3 is 6.09 Å². The number of carbonyl (C=O) groups is 3. The number of phenols is 3. The minimum atomic E-state index is -0.973. The summed E-state index contributed by atoms with van der Waals surface area (Å²) in [5, 5.41) is 37.1. The number of anilines is 1. The Morgan fingerprint density at radius 2 is 1.61 bits per heavy atom. The van der Waals surface area contributed by atoms with Crippen molar-refractivity contribution >= 4 is 44.8 Å². The lowest BCUT2D eigenvalue weighted by atomic mass is 9.81. The van der Waals surface area contributed by atoms with E-state index in [1.807, 2.05) is 0 Å². The number of amides is 1. The molecule has 1 aromatic heterocycles. The van der Waals surface area contributed by atoms with Gasteiger partial charge in [-0.2, -0.15) is 0 Å². The van der Waals surface area contributed by atoms with Crippen LogP contribution in [0, 0.1) is 6.92 Å². The van der Waals surface area contributed by atoms with E-state index >= 15 is 0 Å². The van der Waals surface area contributed by atoms with E-state index in [4.69, 9.17) is 4.74 Å². The highest BCUT2D eigenvalue weighted by molar-refractivity contribution is 7.14. The second kappa shape index (κ2) is 7.35. The zero-order valence-electron chi connectivity index (χ0n) is 17.0. The minimum absolute atomic E-state index is 0.0466. The molecule has 1 heterocycles. The Bertz CT molecular complexity index is 1510. The molecule has 8 nitrogen and oxygen atoms in total. The number of nitrogens with one attached hydrogen (secondary N) is 1. The van der Waals surface area contributed by atoms with Gasteiger partial charge in [-0.3, -0.25) is 14.9 Å². The van der Waals surface area contributed by atoms with Crippen molar-refractivity contribution in [2.75, 3.05) is 5.32 Å². The van der Waals surface area contributed by atoms with E-state index in [1.165, 1.54) is 36.5 Å². The first-order valence-corrected chi connectivity index (χ1v) is 10.6. The molecule has 164 valence electrons. The van der Waals surface area contributed by atoms with Gasteiger partial charge in [-0.15, -0.1) is 11.3 Å². The molecule has 5 rings (SSSR count). The molecule has 0 radical (unpaired) electrons. The molecule has 0 bridgehead atoms. The Kier molecular flexibility index (Phi) is 4.57.